The Morgan fingerprint density at radius 3 is 1.49 bits per heavy atom. The van der Waals surface area contributed by atoms with Gasteiger partial charge in [-0.3, -0.25) is 0 Å². The molecule has 61 heavy (non-hydrogen) atoms. The summed E-state index contributed by atoms with van der Waals surface area (Å²) in [7, 11) is 0. The van der Waals surface area contributed by atoms with Crippen molar-refractivity contribution >= 4 is 44.6 Å². The number of fused-ring (bicyclic) bond motifs is 6. The Kier molecular flexibility index (Phi) is 9.25. The third kappa shape index (κ3) is 6.82. The van der Waals surface area contributed by atoms with E-state index in [0.29, 0.717) is 0 Å². The number of para-hydroxylation sites is 4. The van der Waals surface area contributed by atoms with Gasteiger partial charge in [0.25, 0.3) is 6.71 Å². The van der Waals surface area contributed by atoms with Crippen LogP contribution < -0.4 is 35.3 Å². The van der Waals surface area contributed by atoms with E-state index in [0.717, 1.165) is 68.1 Å². The topological polar surface area (TPSA) is 36.9 Å². The first-order valence-corrected chi connectivity index (χ1v) is 20.5. The number of ether oxygens (including phenoxy) is 4. The summed E-state index contributed by atoms with van der Waals surface area (Å²) in [6.45, 7) is 0.0924. The molecule has 0 amide bonds. The van der Waals surface area contributed by atoms with Crippen LogP contribution in [-0.2, 0) is 0 Å². The number of rotatable bonds is 6. The van der Waals surface area contributed by atoms with Gasteiger partial charge in [-0.25, -0.2) is 0 Å². The van der Waals surface area contributed by atoms with E-state index >= 15 is 0 Å². The highest BCUT2D eigenvalue weighted by atomic mass is 16.5. The second-order valence-electron chi connectivity index (χ2n) is 15.1. The SMILES string of the molecule is c1ccc(Oc2ccc(-c3cccc4ccccc34)c(Oc3ccccc3)c2)cc1.c1ccc2c(c1)Oc1ccc(-c3cccc4ccccc34)c3c1B2c1ccccc1O3. The van der Waals surface area contributed by atoms with Gasteiger partial charge >= 0.3 is 0 Å². The Hall–Kier alpha value is -8.02. The van der Waals surface area contributed by atoms with Gasteiger partial charge in [-0.1, -0.05) is 158 Å². The first-order valence-electron chi connectivity index (χ1n) is 20.5. The highest BCUT2D eigenvalue weighted by Gasteiger charge is 2.41. The van der Waals surface area contributed by atoms with Crippen molar-refractivity contribution in [2.45, 2.75) is 0 Å². The second-order valence-corrected chi connectivity index (χ2v) is 15.1. The van der Waals surface area contributed by atoms with E-state index < -0.39 is 0 Å². The van der Waals surface area contributed by atoms with Crippen LogP contribution in [-0.4, -0.2) is 6.71 Å². The van der Waals surface area contributed by atoms with Gasteiger partial charge in [-0.05, 0) is 104 Å². The highest BCUT2D eigenvalue weighted by molar-refractivity contribution is 6.98. The molecule has 0 bridgehead atoms. The van der Waals surface area contributed by atoms with Crippen molar-refractivity contribution in [2.24, 2.45) is 0 Å². The minimum atomic E-state index is 0.0924. The summed E-state index contributed by atoms with van der Waals surface area (Å²) in [4.78, 5) is 0. The molecule has 12 rings (SSSR count). The Bertz CT molecular complexity index is 3200. The molecular formula is C56H37BO4. The van der Waals surface area contributed by atoms with E-state index in [9.17, 15) is 0 Å². The van der Waals surface area contributed by atoms with E-state index in [-0.39, 0.29) is 6.71 Å². The predicted octanol–water partition coefficient (Wildman–Crippen LogP) is 13.3. The molecule has 4 nitrogen and oxygen atoms in total. The van der Waals surface area contributed by atoms with E-state index in [1.165, 1.54) is 38.0 Å². The number of hydrogen-bond donors (Lipinski definition) is 0. The second kappa shape index (κ2) is 15.6. The molecule has 10 aromatic rings. The van der Waals surface area contributed by atoms with Crippen LogP contribution in [0.15, 0.2) is 224 Å². The summed E-state index contributed by atoms with van der Waals surface area (Å²) in [5.41, 5.74) is 7.90. The average Bonchev–Trinajstić information content (AvgIpc) is 3.32. The third-order valence-electron chi connectivity index (χ3n) is 11.4. The van der Waals surface area contributed by atoms with Crippen molar-refractivity contribution in [3.8, 4) is 68.2 Å². The molecule has 0 atom stereocenters. The van der Waals surface area contributed by atoms with Crippen LogP contribution in [0.25, 0.3) is 43.8 Å². The van der Waals surface area contributed by atoms with Gasteiger partial charge in [0.1, 0.15) is 46.0 Å². The standard InChI is InChI=1S/C28H17BO2.C28H20O2/c1-2-10-19-18(8-1)9-7-11-20(19)21-16-17-26-27-28(21)31-25-15-6-4-13-23(25)29(27)22-12-3-5-14-24(22)30-26;1-3-12-22(13-4-1)29-24-18-19-27(28(20-24)30-23-14-5-2-6-15-23)26-17-9-11-21-10-7-8-16-25(21)26/h1-17H;1-20H. The van der Waals surface area contributed by atoms with Crippen LogP contribution >= 0.6 is 0 Å². The van der Waals surface area contributed by atoms with Crippen LogP contribution in [0.1, 0.15) is 0 Å². The first-order chi connectivity index (χ1) is 30.2. The van der Waals surface area contributed by atoms with Gasteiger partial charge < -0.3 is 18.9 Å². The molecule has 288 valence electrons. The molecule has 2 heterocycles. The van der Waals surface area contributed by atoms with Crippen molar-refractivity contribution in [1.82, 2.24) is 0 Å². The lowest BCUT2D eigenvalue weighted by Gasteiger charge is -2.34. The van der Waals surface area contributed by atoms with Crippen molar-refractivity contribution in [2.75, 3.05) is 0 Å². The Morgan fingerprint density at radius 2 is 0.836 bits per heavy atom. The van der Waals surface area contributed by atoms with Gasteiger partial charge in [0.15, 0.2) is 0 Å². The van der Waals surface area contributed by atoms with Gasteiger partial charge in [0, 0.05) is 22.7 Å². The predicted molar refractivity (Wildman–Crippen MR) is 249 cm³/mol. The molecule has 0 aliphatic carbocycles. The minimum Gasteiger partial charge on any atom is -0.458 e. The summed E-state index contributed by atoms with van der Waals surface area (Å²) >= 11 is 0. The van der Waals surface area contributed by atoms with E-state index in [4.69, 9.17) is 18.9 Å². The Balaban J connectivity index is 0.000000138. The number of benzene rings is 10. The number of hydrogen-bond acceptors (Lipinski definition) is 4. The van der Waals surface area contributed by atoms with Gasteiger partial charge in [0.2, 0.25) is 0 Å². The maximum absolute atomic E-state index is 6.59. The molecule has 0 unspecified atom stereocenters. The van der Waals surface area contributed by atoms with Crippen LogP contribution in [0.2, 0.25) is 0 Å². The average molecular weight is 785 g/mol. The van der Waals surface area contributed by atoms with Crippen molar-refractivity contribution in [3.05, 3.63) is 224 Å². The third-order valence-corrected chi connectivity index (χ3v) is 11.4. The molecule has 2 aliphatic rings. The van der Waals surface area contributed by atoms with E-state index in [1.54, 1.807) is 0 Å². The molecule has 0 N–H and O–H groups in total. The molecule has 0 saturated carbocycles. The maximum Gasteiger partial charge on any atom is 0.260 e. The maximum atomic E-state index is 6.59. The Labute approximate surface area is 354 Å². The van der Waals surface area contributed by atoms with E-state index in [2.05, 4.69) is 140 Å². The zero-order chi connectivity index (χ0) is 40.5. The fourth-order valence-corrected chi connectivity index (χ4v) is 8.63. The normalized spacial score (nSPS) is 11.8. The smallest absolute Gasteiger partial charge is 0.260 e. The lowest BCUT2D eigenvalue weighted by molar-refractivity contribution is 0.461. The highest BCUT2D eigenvalue weighted by Crippen LogP contribution is 2.43. The zero-order valence-corrected chi connectivity index (χ0v) is 33.1. The molecule has 0 radical (unpaired) electrons. The van der Waals surface area contributed by atoms with Gasteiger partial charge in [-0.2, -0.15) is 0 Å². The quantitative estimate of drug-likeness (QED) is 0.157. The molecule has 5 heteroatoms. The molecule has 0 saturated heterocycles. The van der Waals surface area contributed by atoms with Crippen LogP contribution in [0, 0.1) is 0 Å². The molecule has 0 aromatic heterocycles. The molecular weight excluding hydrogens is 747 g/mol. The van der Waals surface area contributed by atoms with Crippen molar-refractivity contribution < 1.29 is 18.9 Å². The lowest BCUT2D eigenvalue weighted by atomic mass is 9.34. The fraction of sp³-hybridized carbons (Fsp3) is 0. The summed E-state index contributed by atoms with van der Waals surface area (Å²) < 4.78 is 25.3. The lowest BCUT2D eigenvalue weighted by Crippen LogP contribution is -2.57. The minimum absolute atomic E-state index is 0.0924. The molecule has 0 spiro atoms. The van der Waals surface area contributed by atoms with Crippen LogP contribution in [0.5, 0.6) is 46.0 Å². The largest absolute Gasteiger partial charge is 0.458 e. The van der Waals surface area contributed by atoms with Gasteiger partial charge in [-0.15, -0.1) is 0 Å². The van der Waals surface area contributed by atoms with Crippen molar-refractivity contribution in [3.63, 3.8) is 0 Å². The molecule has 2 aliphatic heterocycles. The zero-order valence-electron chi connectivity index (χ0n) is 33.1. The Morgan fingerprint density at radius 1 is 0.328 bits per heavy atom. The summed E-state index contributed by atoms with van der Waals surface area (Å²) in [5, 5.41) is 4.83. The summed E-state index contributed by atoms with van der Waals surface area (Å²) in [6.07, 6.45) is 0. The van der Waals surface area contributed by atoms with Crippen molar-refractivity contribution in [1.29, 1.82) is 0 Å². The van der Waals surface area contributed by atoms with Crippen LogP contribution in [0.4, 0.5) is 0 Å². The first kappa shape index (κ1) is 36.1. The summed E-state index contributed by atoms with van der Waals surface area (Å²) in [6, 6.07) is 76.2. The fourth-order valence-electron chi connectivity index (χ4n) is 8.63. The van der Waals surface area contributed by atoms with E-state index in [1.807, 2.05) is 84.9 Å². The van der Waals surface area contributed by atoms with Gasteiger partial charge in [0.05, 0.1) is 0 Å². The monoisotopic (exact) mass is 784 g/mol. The summed E-state index contributed by atoms with van der Waals surface area (Å²) in [5.74, 6) is 6.67. The van der Waals surface area contributed by atoms with Crippen LogP contribution in [0.3, 0.4) is 0 Å². The molecule has 0 fully saturated rings. The molecule has 10 aromatic carbocycles.